The molecule has 152 valence electrons. The Morgan fingerprint density at radius 1 is 0.903 bits per heavy atom. The van der Waals surface area contributed by atoms with Crippen molar-refractivity contribution in [3.8, 4) is 11.3 Å². The lowest BCUT2D eigenvalue weighted by Gasteiger charge is -2.09. The van der Waals surface area contributed by atoms with E-state index in [0.717, 1.165) is 38.7 Å². The van der Waals surface area contributed by atoms with E-state index in [9.17, 15) is 0 Å². The average Bonchev–Trinajstić information content (AvgIpc) is 3.21. The van der Waals surface area contributed by atoms with E-state index < -0.39 is 0 Å². The lowest BCUT2D eigenvalue weighted by Crippen LogP contribution is -2.33. The summed E-state index contributed by atoms with van der Waals surface area (Å²) in [4.78, 5) is 5.19. The van der Waals surface area contributed by atoms with Crippen LogP contribution in [0.25, 0.3) is 45.3 Å². The van der Waals surface area contributed by atoms with Gasteiger partial charge in [-0.3, -0.25) is 4.40 Å². The molecule has 2 nitrogen and oxygen atoms in total. The van der Waals surface area contributed by atoms with Gasteiger partial charge in [0.1, 0.15) is 5.82 Å². The van der Waals surface area contributed by atoms with E-state index in [0.29, 0.717) is 0 Å². The highest BCUT2D eigenvalue weighted by molar-refractivity contribution is 6.03. The number of pyridine rings is 1. The Hall–Kier alpha value is -3.91. The molecule has 0 fully saturated rings. The van der Waals surface area contributed by atoms with Crippen molar-refractivity contribution in [3.05, 3.63) is 115 Å². The lowest BCUT2D eigenvalue weighted by atomic mass is 10.0. The second-order valence-electron chi connectivity index (χ2n) is 7.21. The van der Waals surface area contributed by atoms with Gasteiger partial charge < -0.3 is 0 Å². The Morgan fingerprint density at radius 2 is 1.61 bits per heavy atom. The van der Waals surface area contributed by atoms with Crippen LogP contribution in [0.1, 0.15) is 19.7 Å². The van der Waals surface area contributed by atoms with E-state index in [-0.39, 0.29) is 0 Å². The minimum Gasteiger partial charge on any atom is -0.291 e. The molecule has 2 aromatic carbocycles. The van der Waals surface area contributed by atoms with E-state index in [1.807, 2.05) is 25.1 Å². The Balaban J connectivity index is 2.33. The monoisotopic (exact) mass is 402 g/mol. The smallest absolute Gasteiger partial charge is 0.145 e. The van der Waals surface area contributed by atoms with Crippen LogP contribution in [0.4, 0.5) is 0 Å². The van der Waals surface area contributed by atoms with Crippen LogP contribution in [0, 0.1) is 0 Å². The summed E-state index contributed by atoms with van der Waals surface area (Å²) in [6.45, 7) is 11.9. The zero-order valence-corrected chi connectivity index (χ0v) is 18.0. The molecule has 0 saturated carbocycles. The molecule has 0 aliphatic rings. The van der Waals surface area contributed by atoms with Crippen LogP contribution in [0.2, 0.25) is 0 Å². The molecule has 0 aliphatic carbocycles. The molecule has 4 rings (SSSR count). The summed E-state index contributed by atoms with van der Waals surface area (Å²) in [6.07, 6.45) is 14.0. The minimum atomic E-state index is 0.909. The van der Waals surface area contributed by atoms with Gasteiger partial charge in [-0.15, -0.1) is 0 Å². The fourth-order valence-electron chi connectivity index (χ4n) is 4.13. The van der Waals surface area contributed by atoms with E-state index >= 15 is 0 Å². The molecule has 2 heteroatoms. The molecular weight excluding hydrogens is 376 g/mol. The van der Waals surface area contributed by atoms with Crippen molar-refractivity contribution in [1.82, 2.24) is 9.38 Å². The molecule has 2 aromatic heterocycles. The average molecular weight is 403 g/mol. The largest absolute Gasteiger partial charge is 0.291 e. The van der Waals surface area contributed by atoms with E-state index in [1.54, 1.807) is 6.08 Å². The Kier molecular flexibility index (Phi) is 5.81. The highest BCUT2D eigenvalue weighted by Gasteiger charge is 2.18. The Morgan fingerprint density at radius 3 is 2.26 bits per heavy atom. The quantitative estimate of drug-likeness (QED) is 0.371. The molecule has 0 aliphatic heterocycles. The van der Waals surface area contributed by atoms with Gasteiger partial charge in [0.25, 0.3) is 0 Å². The summed E-state index contributed by atoms with van der Waals surface area (Å²) in [5.74, 6) is 0.909. The van der Waals surface area contributed by atoms with Crippen molar-refractivity contribution in [1.29, 1.82) is 0 Å². The van der Waals surface area contributed by atoms with Crippen molar-refractivity contribution in [2.24, 2.45) is 0 Å². The van der Waals surface area contributed by atoms with E-state index in [1.165, 1.54) is 10.8 Å². The zero-order chi connectivity index (χ0) is 21.8. The topological polar surface area (TPSA) is 17.3 Å². The van der Waals surface area contributed by atoms with E-state index in [4.69, 9.17) is 4.98 Å². The van der Waals surface area contributed by atoms with Gasteiger partial charge in [0.2, 0.25) is 0 Å². The van der Waals surface area contributed by atoms with Gasteiger partial charge in [-0.05, 0) is 19.2 Å². The predicted molar refractivity (Wildman–Crippen MR) is 135 cm³/mol. The first-order valence-corrected chi connectivity index (χ1v) is 10.5. The first-order chi connectivity index (χ1) is 15.2. The molecular formula is C29H26N2. The lowest BCUT2D eigenvalue weighted by molar-refractivity contribution is 1.06. The first-order valence-electron chi connectivity index (χ1n) is 10.5. The van der Waals surface area contributed by atoms with Gasteiger partial charge in [-0.25, -0.2) is 4.98 Å². The number of nitrogens with zero attached hydrogens (tertiary/aromatic N) is 2. The van der Waals surface area contributed by atoms with Crippen LogP contribution in [0.3, 0.4) is 0 Å². The van der Waals surface area contributed by atoms with Gasteiger partial charge in [0, 0.05) is 21.7 Å². The van der Waals surface area contributed by atoms with Crippen molar-refractivity contribution in [2.45, 2.75) is 13.8 Å². The number of aromatic nitrogens is 2. The van der Waals surface area contributed by atoms with Crippen molar-refractivity contribution < 1.29 is 0 Å². The van der Waals surface area contributed by atoms with Crippen LogP contribution < -0.4 is 10.6 Å². The molecule has 0 atom stereocenters. The predicted octanol–water partition coefficient (Wildman–Crippen LogP) is 6.07. The standard InChI is InChI=1S/C29H26N2/c1-5-9-16-21(7-3)29-30-27(22-17-11-10-12-18-22)28-25-20-14-13-19-23(25)24(15-6-2)26(8-4)31(28)29/h5-20H,1-2H2,3-4H3/b16-9-,21-7+,24-15-,26-8+. The first kappa shape index (κ1) is 20.4. The summed E-state index contributed by atoms with van der Waals surface area (Å²) < 4.78 is 2.28. The summed E-state index contributed by atoms with van der Waals surface area (Å²) in [5, 5.41) is 4.60. The maximum Gasteiger partial charge on any atom is 0.145 e. The van der Waals surface area contributed by atoms with Crippen molar-refractivity contribution in [2.75, 3.05) is 0 Å². The SMILES string of the molecule is C=C/C=C\C(=C/C)c1nc(-c2ccccc2)c2c3ccccc3c(=C/C=C)/c(=C\C)n12. The third-order valence-corrected chi connectivity index (χ3v) is 5.45. The summed E-state index contributed by atoms with van der Waals surface area (Å²) in [7, 11) is 0. The van der Waals surface area contributed by atoms with Gasteiger partial charge in [0.15, 0.2) is 0 Å². The maximum atomic E-state index is 5.19. The molecule has 0 radical (unpaired) electrons. The molecule has 0 N–H and O–H groups in total. The molecule has 0 bridgehead atoms. The van der Waals surface area contributed by atoms with Crippen LogP contribution in [-0.2, 0) is 0 Å². The molecule has 0 unspecified atom stereocenters. The zero-order valence-electron chi connectivity index (χ0n) is 18.0. The number of hydrogen-bond acceptors (Lipinski definition) is 1. The van der Waals surface area contributed by atoms with Crippen molar-refractivity contribution in [3.63, 3.8) is 0 Å². The van der Waals surface area contributed by atoms with E-state index in [2.05, 4.69) is 97.3 Å². The molecule has 0 spiro atoms. The van der Waals surface area contributed by atoms with Crippen molar-refractivity contribution >= 4 is 34.0 Å². The minimum absolute atomic E-state index is 0.909. The molecule has 4 aromatic rings. The fourth-order valence-corrected chi connectivity index (χ4v) is 4.13. The van der Waals surface area contributed by atoms with Crippen LogP contribution in [-0.4, -0.2) is 9.38 Å². The van der Waals surface area contributed by atoms with Crippen LogP contribution in [0.5, 0.6) is 0 Å². The maximum absolute atomic E-state index is 5.19. The third-order valence-electron chi connectivity index (χ3n) is 5.45. The number of benzene rings is 2. The number of hydrogen-bond donors (Lipinski definition) is 0. The molecule has 31 heavy (non-hydrogen) atoms. The second-order valence-corrected chi connectivity index (χ2v) is 7.21. The summed E-state index contributed by atoms with van der Waals surface area (Å²) >= 11 is 0. The van der Waals surface area contributed by atoms with Gasteiger partial charge in [-0.1, -0.05) is 110 Å². The van der Waals surface area contributed by atoms with Crippen LogP contribution in [0.15, 0.2) is 98.1 Å². The normalized spacial score (nSPS) is 13.5. The summed E-state index contributed by atoms with van der Waals surface area (Å²) in [5.41, 5.74) is 4.23. The highest BCUT2D eigenvalue weighted by atomic mass is 15.0. The third kappa shape index (κ3) is 3.47. The summed E-state index contributed by atoms with van der Waals surface area (Å²) in [6, 6.07) is 18.9. The van der Waals surface area contributed by atoms with Gasteiger partial charge in [0.05, 0.1) is 16.6 Å². The number of rotatable bonds is 5. The number of fused-ring (bicyclic) bond motifs is 3. The number of allylic oxidation sites excluding steroid dienone is 6. The van der Waals surface area contributed by atoms with Gasteiger partial charge in [-0.2, -0.15) is 0 Å². The highest BCUT2D eigenvalue weighted by Crippen LogP contribution is 2.31. The Bertz CT molecular complexity index is 1460. The molecule has 0 amide bonds. The Labute approximate surface area is 183 Å². The second kappa shape index (κ2) is 8.85. The fraction of sp³-hybridized carbons (Fsp3) is 0.0690. The number of imidazole rings is 1. The van der Waals surface area contributed by atoms with Gasteiger partial charge >= 0.3 is 0 Å². The molecule has 0 saturated heterocycles. The molecule has 2 heterocycles. The van der Waals surface area contributed by atoms with Crippen LogP contribution >= 0.6 is 0 Å².